The fourth-order valence-corrected chi connectivity index (χ4v) is 2.85. The molecule has 0 aliphatic rings. The number of nitrogens with two attached hydrogens (primary N) is 2. The van der Waals surface area contributed by atoms with Crippen LogP contribution in [0.3, 0.4) is 0 Å². The zero-order chi connectivity index (χ0) is 19.9. The Labute approximate surface area is 163 Å². The van der Waals surface area contributed by atoms with Crippen LogP contribution in [0.2, 0.25) is 0 Å². The van der Waals surface area contributed by atoms with Gasteiger partial charge in [0.1, 0.15) is 12.4 Å². The maximum atomic E-state index is 14.6. The van der Waals surface area contributed by atoms with E-state index in [1.807, 2.05) is 49.4 Å². The molecule has 3 aromatic rings. The van der Waals surface area contributed by atoms with Gasteiger partial charge >= 0.3 is 0 Å². The molecule has 146 valence electrons. The van der Waals surface area contributed by atoms with Crippen molar-refractivity contribution in [1.29, 1.82) is 0 Å². The van der Waals surface area contributed by atoms with Gasteiger partial charge in [-0.05, 0) is 17.2 Å². The summed E-state index contributed by atoms with van der Waals surface area (Å²) in [6.45, 7) is 3.25. The molecule has 0 fully saturated rings. The average Bonchev–Trinajstić information content (AvgIpc) is 3.19. The van der Waals surface area contributed by atoms with Crippen LogP contribution in [0.4, 0.5) is 4.39 Å². The van der Waals surface area contributed by atoms with E-state index in [0.717, 1.165) is 11.1 Å². The van der Waals surface area contributed by atoms with E-state index in [4.69, 9.17) is 16.0 Å². The molecule has 1 unspecified atom stereocenters. The van der Waals surface area contributed by atoms with Crippen LogP contribution in [0.25, 0.3) is 11.1 Å². The van der Waals surface area contributed by atoms with Crippen LogP contribution in [0.15, 0.2) is 64.1 Å². The highest BCUT2D eigenvalue weighted by molar-refractivity contribution is 5.77. The van der Waals surface area contributed by atoms with Crippen LogP contribution >= 0.6 is 0 Å². The molecule has 6 nitrogen and oxygen atoms in total. The van der Waals surface area contributed by atoms with E-state index in [1.54, 1.807) is 12.1 Å². The van der Waals surface area contributed by atoms with Crippen molar-refractivity contribution < 1.29 is 8.91 Å². The number of hydrogen-bond donors (Lipinski definition) is 3. The molecule has 0 amide bonds. The first kappa shape index (κ1) is 19.6. The predicted octanol–water partition coefficient (Wildman–Crippen LogP) is 3.00. The summed E-state index contributed by atoms with van der Waals surface area (Å²) < 4.78 is 20.0. The first-order valence-corrected chi connectivity index (χ1v) is 9.12. The largest absolute Gasteiger partial charge is 0.370 e. The second-order valence-electron chi connectivity index (χ2n) is 6.46. The lowest BCUT2D eigenvalue weighted by molar-refractivity contribution is 0.377. The van der Waals surface area contributed by atoms with Crippen LogP contribution in [0.1, 0.15) is 29.9 Å². The summed E-state index contributed by atoms with van der Waals surface area (Å²) in [7, 11) is 0. The molecule has 1 atom stereocenters. The van der Waals surface area contributed by atoms with Gasteiger partial charge in [-0.1, -0.05) is 54.5 Å². The second-order valence-corrected chi connectivity index (χ2v) is 6.46. The minimum absolute atomic E-state index is 0.117. The monoisotopic (exact) mass is 381 g/mol. The van der Waals surface area contributed by atoms with Crippen molar-refractivity contribution in [3.8, 4) is 11.1 Å². The summed E-state index contributed by atoms with van der Waals surface area (Å²) in [6.07, 6.45) is 0. The lowest BCUT2D eigenvalue weighted by Gasteiger charge is -2.11. The first-order valence-electron chi connectivity index (χ1n) is 9.12. The van der Waals surface area contributed by atoms with E-state index in [0.29, 0.717) is 36.1 Å². The number of hydrogen-bond acceptors (Lipinski definition) is 4. The van der Waals surface area contributed by atoms with Crippen molar-refractivity contribution in [3.05, 3.63) is 77.4 Å². The summed E-state index contributed by atoms with van der Waals surface area (Å²) in [4.78, 5) is 4.17. The van der Waals surface area contributed by atoms with E-state index in [1.165, 1.54) is 0 Å². The third-order valence-corrected chi connectivity index (χ3v) is 4.45. The Balaban J connectivity index is 1.71. The topological polar surface area (TPSA) is 102 Å². The number of benzene rings is 2. The molecule has 5 N–H and O–H groups in total. The van der Waals surface area contributed by atoms with Crippen LogP contribution in [0.5, 0.6) is 0 Å². The lowest BCUT2D eigenvalue weighted by atomic mass is 9.94. The van der Waals surface area contributed by atoms with Gasteiger partial charge < -0.3 is 21.3 Å². The maximum absolute atomic E-state index is 14.6. The summed E-state index contributed by atoms with van der Waals surface area (Å²) >= 11 is 0. The highest BCUT2D eigenvalue weighted by Crippen LogP contribution is 2.29. The number of nitrogens with zero attached hydrogens (tertiary/aromatic N) is 2. The summed E-state index contributed by atoms with van der Waals surface area (Å²) in [6, 6.07) is 16.5. The van der Waals surface area contributed by atoms with Gasteiger partial charge in [0.05, 0.1) is 5.69 Å². The molecule has 7 heteroatoms. The SMILES string of the molecule is CC(c1ccc(-c2ccccc2)c(F)c1)c1cc(CN=C(N)NCCN)on1. The molecule has 2 aromatic carbocycles. The van der Waals surface area contributed by atoms with Crippen molar-refractivity contribution in [2.24, 2.45) is 16.5 Å². The molecule has 1 heterocycles. The van der Waals surface area contributed by atoms with E-state index in [2.05, 4.69) is 15.5 Å². The molecule has 0 radical (unpaired) electrons. The predicted molar refractivity (Wildman–Crippen MR) is 108 cm³/mol. The van der Waals surface area contributed by atoms with E-state index < -0.39 is 0 Å². The molecule has 0 saturated heterocycles. The third kappa shape index (κ3) is 4.75. The normalized spacial score (nSPS) is 12.8. The van der Waals surface area contributed by atoms with Crippen LogP contribution in [0, 0.1) is 5.82 Å². The van der Waals surface area contributed by atoms with Crippen LogP contribution < -0.4 is 16.8 Å². The minimum atomic E-state index is -0.261. The smallest absolute Gasteiger partial charge is 0.189 e. The maximum Gasteiger partial charge on any atom is 0.189 e. The van der Waals surface area contributed by atoms with Gasteiger partial charge in [-0.3, -0.25) is 0 Å². The molecular formula is C21H24FN5O. The molecule has 0 spiro atoms. The molecular weight excluding hydrogens is 357 g/mol. The lowest BCUT2D eigenvalue weighted by Crippen LogP contribution is -2.35. The number of aromatic nitrogens is 1. The van der Waals surface area contributed by atoms with E-state index in [9.17, 15) is 4.39 Å². The Kier molecular flexibility index (Phi) is 6.39. The van der Waals surface area contributed by atoms with Gasteiger partial charge in [0.2, 0.25) is 0 Å². The quantitative estimate of drug-likeness (QED) is 0.431. The molecule has 0 bridgehead atoms. The van der Waals surface area contributed by atoms with Crippen molar-refractivity contribution in [2.45, 2.75) is 19.4 Å². The van der Waals surface area contributed by atoms with Crippen molar-refractivity contribution >= 4 is 5.96 Å². The van der Waals surface area contributed by atoms with Crippen molar-refractivity contribution in [3.63, 3.8) is 0 Å². The number of halogens is 1. The minimum Gasteiger partial charge on any atom is -0.370 e. The molecule has 3 rings (SSSR count). The van der Waals surface area contributed by atoms with E-state index >= 15 is 0 Å². The third-order valence-electron chi connectivity index (χ3n) is 4.45. The number of nitrogens with one attached hydrogen (secondary N) is 1. The summed E-state index contributed by atoms with van der Waals surface area (Å²) in [5, 5.41) is 6.98. The fourth-order valence-electron chi connectivity index (χ4n) is 2.85. The average molecular weight is 381 g/mol. The Morgan fingerprint density at radius 2 is 2.00 bits per heavy atom. The standard InChI is InChI=1S/C21H24FN5O/c1-14(20-12-17(28-27-20)13-26-21(24)25-10-9-23)16-7-8-18(19(22)11-16)15-5-3-2-4-6-15/h2-8,11-12,14H,9-10,13,23H2,1H3,(H3,24,25,26). The van der Waals surface area contributed by atoms with Gasteiger partial charge in [0, 0.05) is 30.6 Å². The molecule has 0 aliphatic carbocycles. The highest BCUT2D eigenvalue weighted by atomic mass is 19.1. The molecule has 28 heavy (non-hydrogen) atoms. The Morgan fingerprint density at radius 3 is 2.71 bits per heavy atom. The molecule has 1 aromatic heterocycles. The van der Waals surface area contributed by atoms with Crippen molar-refractivity contribution in [1.82, 2.24) is 10.5 Å². The van der Waals surface area contributed by atoms with Crippen LogP contribution in [-0.4, -0.2) is 24.2 Å². The Hall–Kier alpha value is -3.19. The second kappa shape index (κ2) is 9.14. The summed E-state index contributed by atoms with van der Waals surface area (Å²) in [5.41, 5.74) is 14.1. The van der Waals surface area contributed by atoms with Crippen molar-refractivity contribution in [2.75, 3.05) is 13.1 Å². The number of guanidine groups is 1. The summed E-state index contributed by atoms with van der Waals surface area (Å²) in [5.74, 6) is 0.506. The van der Waals surface area contributed by atoms with Gasteiger partial charge in [-0.15, -0.1) is 0 Å². The Morgan fingerprint density at radius 1 is 1.21 bits per heavy atom. The van der Waals surface area contributed by atoms with Gasteiger partial charge in [-0.2, -0.15) is 0 Å². The zero-order valence-electron chi connectivity index (χ0n) is 15.7. The fraction of sp³-hybridized carbons (Fsp3) is 0.238. The number of rotatable bonds is 7. The molecule has 0 saturated carbocycles. The molecule has 0 aliphatic heterocycles. The number of aliphatic imine (C=N–C) groups is 1. The van der Waals surface area contributed by atoms with E-state index in [-0.39, 0.29) is 18.3 Å². The zero-order valence-corrected chi connectivity index (χ0v) is 15.7. The highest BCUT2D eigenvalue weighted by Gasteiger charge is 2.16. The van der Waals surface area contributed by atoms with Gasteiger partial charge in [0.25, 0.3) is 0 Å². The van der Waals surface area contributed by atoms with Gasteiger partial charge in [-0.25, -0.2) is 9.38 Å². The van der Waals surface area contributed by atoms with Gasteiger partial charge in [0.15, 0.2) is 11.7 Å². The van der Waals surface area contributed by atoms with Crippen LogP contribution in [-0.2, 0) is 6.54 Å². The Bertz CT molecular complexity index is 939. The first-order chi connectivity index (χ1) is 13.6.